The van der Waals surface area contributed by atoms with Gasteiger partial charge in [-0.3, -0.25) is 0 Å². The van der Waals surface area contributed by atoms with Crippen molar-refractivity contribution in [1.82, 2.24) is 24.5 Å². The first-order chi connectivity index (χ1) is 21.2. The molecule has 0 aliphatic carbocycles. The Bertz CT molecular complexity index is 1780. The number of benzene rings is 4. The topological polar surface area (TPSA) is 109 Å². The molecule has 1 heterocycles. The molecule has 0 aliphatic rings. The summed E-state index contributed by atoms with van der Waals surface area (Å²) in [7, 11) is 0.655. The molecule has 4 aromatic carbocycles. The summed E-state index contributed by atoms with van der Waals surface area (Å²) in [5.41, 5.74) is 3.67. The highest BCUT2D eigenvalue weighted by Crippen LogP contribution is 2.38. The molecule has 5 rings (SSSR count). The molecule has 0 unspecified atom stereocenters. The summed E-state index contributed by atoms with van der Waals surface area (Å²) in [6.45, 7) is 2.42. The Morgan fingerprint density at radius 1 is 0.727 bits per heavy atom. The first-order valence-corrected chi connectivity index (χ1v) is 15.9. The highest BCUT2D eigenvalue weighted by Gasteiger charge is 2.33. The number of sulfonamides is 1. The van der Waals surface area contributed by atoms with E-state index in [2.05, 4.69) is 31.5 Å². The van der Waals surface area contributed by atoms with E-state index in [4.69, 9.17) is 14.2 Å². The zero-order valence-corrected chi connectivity index (χ0v) is 27.2. The van der Waals surface area contributed by atoms with Gasteiger partial charge in [-0.2, -0.15) is 4.31 Å². The molecule has 0 bridgehead atoms. The van der Waals surface area contributed by atoms with Crippen LogP contribution >= 0.6 is 15.9 Å². The Kier molecular flexibility index (Phi) is 9.62. The molecule has 5 aromatic rings. The van der Waals surface area contributed by atoms with Gasteiger partial charge in [-0.05, 0) is 98.0 Å². The van der Waals surface area contributed by atoms with E-state index < -0.39 is 10.0 Å². The fraction of sp³-hybridized carbons (Fsp3) is 0.219. The fourth-order valence-corrected chi connectivity index (χ4v) is 7.47. The second kappa shape index (κ2) is 13.6. The molecule has 0 N–H and O–H groups in total. The Labute approximate surface area is 265 Å². The van der Waals surface area contributed by atoms with Crippen molar-refractivity contribution in [3.8, 4) is 28.6 Å². The van der Waals surface area contributed by atoms with Crippen LogP contribution in [-0.2, 0) is 29.7 Å². The maximum absolute atomic E-state index is 14.8. The molecule has 0 radical (unpaired) electrons. The summed E-state index contributed by atoms with van der Waals surface area (Å²) in [4.78, 5) is 0.0882. The van der Waals surface area contributed by atoms with Gasteiger partial charge in [-0.15, -0.1) is 5.10 Å². The number of rotatable bonds is 12. The van der Waals surface area contributed by atoms with Gasteiger partial charge in [0.1, 0.15) is 22.1 Å². The second-order valence-corrected chi connectivity index (χ2v) is 12.8. The minimum atomic E-state index is -4.14. The average Bonchev–Trinajstić information content (AvgIpc) is 3.50. The minimum absolute atomic E-state index is 0.0882. The van der Waals surface area contributed by atoms with E-state index in [1.54, 1.807) is 32.1 Å². The molecule has 0 saturated heterocycles. The van der Waals surface area contributed by atoms with Crippen molar-refractivity contribution >= 4 is 26.0 Å². The standard InChI is InChI=1S/C32H32BrN5O5S/c1-22-5-18-29(33)31(30(22)32-34-35-36-38(32)21-25-10-16-28(43-4)17-11-25)44(39,40)37(19-23-6-12-26(41-2)13-7-23)20-24-8-14-27(42-3)15-9-24/h5-18H,19-21H2,1-4H3. The van der Waals surface area contributed by atoms with Crippen molar-refractivity contribution in [1.29, 1.82) is 0 Å². The van der Waals surface area contributed by atoms with Crippen molar-refractivity contribution in [2.24, 2.45) is 0 Å². The van der Waals surface area contributed by atoms with Gasteiger partial charge in [0.25, 0.3) is 0 Å². The van der Waals surface area contributed by atoms with Crippen molar-refractivity contribution in [2.45, 2.75) is 31.5 Å². The molecule has 44 heavy (non-hydrogen) atoms. The number of nitrogens with zero attached hydrogens (tertiary/aromatic N) is 5. The van der Waals surface area contributed by atoms with Gasteiger partial charge in [0, 0.05) is 23.1 Å². The van der Waals surface area contributed by atoms with Crippen molar-refractivity contribution in [3.63, 3.8) is 0 Å². The predicted octanol–water partition coefficient (Wildman–Crippen LogP) is 5.88. The normalized spacial score (nSPS) is 11.5. The van der Waals surface area contributed by atoms with Crippen molar-refractivity contribution in [2.75, 3.05) is 21.3 Å². The zero-order chi connectivity index (χ0) is 31.3. The summed E-state index contributed by atoms with van der Waals surface area (Å²) in [6.07, 6.45) is 0. The summed E-state index contributed by atoms with van der Waals surface area (Å²) in [6, 6.07) is 25.8. The highest BCUT2D eigenvalue weighted by atomic mass is 79.9. The first-order valence-electron chi connectivity index (χ1n) is 13.7. The molecule has 0 atom stereocenters. The molecule has 0 saturated carbocycles. The van der Waals surface area contributed by atoms with Crippen molar-refractivity contribution in [3.05, 3.63) is 112 Å². The molecular formula is C32H32BrN5O5S. The molecule has 0 spiro atoms. The van der Waals surface area contributed by atoms with E-state index >= 15 is 0 Å². The van der Waals surface area contributed by atoms with Gasteiger partial charge in [-0.1, -0.05) is 42.5 Å². The van der Waals surface area contributed by atoms with Gasteiger partial charge >= 0.3 is 0 Å². The molecule has 12 heteroatoms. The predicted molar refractivity (Wildman–Crippen MR) is 170 cm³/mol. The van der Waals surface area contributed by atoms with E-state index in [-0.39, 0.29) is 18.0 Å². The smallest absolute Gasteiger partial charge is 0.245 e. The van der Waals surface area contributed by atoms with E-state index in [0.29, 0.717) is 39.5 Å². The lowest BCUT2D eigenvalue weighted by Gasteiger charge is -2.25. The summed E-state index contributed by atoms with van der Waals surface area (Å²) in [5.74, 6) is 2.44. The minimum Gasteiger partial charge on any atom is -0.497 e. The van der Waals surface area contributed by atoms with Gasteiger partial charge in [-0.25, -0.2) is 13.1 Å². The Hall–Kier alpha value is -4.26. The van der Waals surface area contributed by atoms with Gasteiger partial charge in [0.15, 0.2) is 5.82 Å². The number of aryl methyl sites for hydroxylation is 1. The summed E-state index contributed by atoms with van der Waals surface area (Å²) in [5, 5.41) is 12.4. The van der Waals surface area contributed by atoms with E-state index in [1.807, 2.05) is 85.8 Å². The van der Waals surface area contributed by atoms with Crippen LogP contribution < -0.4 is 14.2 Å². The summed E-state index contributed by atoms with van der Waals surface area (Å²) >= 11 is 3.56. The quantitative estimate of drug-likeness (QED) is 0.161. The number of hydrogen-bond acceptors (Lipinski definition) is 8. The maximum Gasteiger partial charge on any atom is 0.245 e. The zero-order valence-electron chi connectivity index (χ0n) is 24.8. The average molecular weight is 679 g/mol. The molecule has 0 amide bonds. The molecule has 1 aromatic heterocycles. The molecule has 10 nitrogen and oxygen atoms in total. The number of ether oxygens (including phenoxy) is 3. The Morgan fingerprint density at radius 2 is 1.20 bits per heavy atom. The molecule has 0 fully saturated rings. The van der Waals surface area contributed by atoms with Crippen LogP contribution in [-0.4, -0.2) is 54.3 Å². The molecule has 0 aliphatic heterocycles. The second-order valence-electron chi connectivity index (χ2n) is 10.0. The third-order valence-electron chi connectivity index (χ3n) is 7.20. The van der Waals surface area contributed by atoms with Crippen LogP contribution in [0.25, 0.3) is 11.4 Å². The van der Waals surface area contributed by atoms with E-state index in [1.165, 1.54) is 4.31 Å². The first kappa shape index (κ1) is 31.2. The van der Waals surface area contributed by atoms with Gasteiger partial charge in [0.2, 0.25) is 10.0 Å². The Balaban J connectivity index is 1.59. The lowest BCUT2D eigenvalue weighted by molar-refractivity contribution is 0.397. The fourth-order valence-electron chi connectivity index (χ4n) is 4.80. The molecule has 228 valence electrons. The third kappa shape index (κ3) is 6.77. The SMILES string of the molecule is COc1ccc(CN(Cc2ccc(OC)cc2)S(=O)(=O)c2c(Br)ccc(C)c2-c2nnnn2Cc2ccc(OC)cc2)cc1. The summed E-state index contributed by atoms with van der Waals surface area (Å²) < 4.78 is 48.9. The highest BCUT2D eigenvalue weighted by molar-refractivity contribution is 9.10. The van der Waals surface area contributed by atoms with Crippen LogP contribution in [0.3, 0.4) is 0 Å². The largest absolute Gasteiger partial charge is 0.497 e. The van der Waals surface area contributed by atoms with Gasteiger partial charge < -0.3 is 14.2 Å². The number of methoxy groups -OCH3 is 3. The van der Waals surface area contributed by atoms with Gasteiger partial charge in [0.05, 0.1) is 27.9 Å². The number of aromatic nitrogens is 4. The molecular weight excluding hydrogens is 646 g/mol. The number of tetrazole rings is 1. The Morgan fingerprint density at radius 3 is 1.68 bits per heavy atom. The number of halogens is 1. The number of hydrogen-bond donors (Lipinski definition) is 0. The maximum atomic E-state index is 14.8. The van der Waals surface area contributed by atoms with Crippen LogP contribution in [0.15, 0.2) is 94.3 Å². The monoisotopic (exact) mass is 677 g/mol. The van der Waals surface area contributed by atoms with E-state index in [9.17, 15) is 8.42 Å². The lowest BCUT2D eigenvalue weighted by Crippen LogP contribution is -2.31. The van der Waals surface area contributed by atoms with Crippen LogP contribution in [0, 0.1) is 6.92 Å². The van der Waals surface area contributed by atoms with Crippen molar-refractivity contribution < 1.29 is 22.6 Å². The van der Waals surface area contributed by atoms with Crippen LogP contribution in [0.2, 0.25) is 0 Å². The van der Waals surface area contributed by atoms with Crippen LogP contribution in [0.1, 0.15) is 22.3 Å². The lowest BCUT2D eigenvalue weighted by atomic mass is 10.1. The van der Waals surface area contributed by atoms with E-state index in [0.717, 1.165) is 22.4 Å². The third-order valence-corrected chi connectivity index (χ3v) is 10.00. The van der Waals surface area contributed by atoms with Crippen LogP contribution in [0.5, 0.6) is 17.2 Å². The van der Waals surface area contributed by atoms with Crippen LogP contribution in [0.4, 0.5) is 0 Å².